The second-order valence-electron chi connectivity index (χ2n) is 12.7. The maximum Gasteiger partial charge on any atom is 0.128 e. The molecule has 0 amide bonds. The summed E-state index contributed by atoms with van der Waals surface area (Å²) in [5, 5.41) is 2.53. The smallest absolute Gasteiger partial charge is 0.128 e. The second kappa shape index (κ2) is 9.81. The maximum absolute atomic E-state index is 6.40. The molecule has 0 bridgehead atoms. The van der Waals surface area contributed by atoms with E-state index in [1.54, 1.807) is 7.11 Å². The predicted octanol–water partition coefficient (Wildman–Crippen LogP) is 7.43. The molecule has 3 aromatic carbocycles. The summed E-state index contributed by atoms with van der Waals surface area (Å²) >= 11 is 0. The number of hydrogen-bond acceptors (Lipinski definition) is 5. The molecule has 0 radical (unpaired) electrons. The summed E-state index contributed by atoms with van der Waals surface area (Å²) < 4.78 is 11.8. The average molecular weight is 547 g/mol. The molecule has 1 saturated heterocycles. The first-order valence-electron chi connectivity index (χ1n) is 15.2. The van der Waals surface area contributed by atoms with Crippen molar-refractivity contribution >= 4 is 22.2 Å². The lowest BCUT2D eigenvalue weighted by Crippen LogP contribution is -2.36. The van der Waals surface area contributed by atoms with E-state index in [1.807, 2.05) is 6.20 Å². The van der Waals surface area contributed by atoms with Gasteiger partial charge in [0.25, 0.3) is 0 Å². The molecule has 1 unspecified atom stereocenters. The molecule has 3 aliphatic heterocycles. The van der Waals surface area contributed by atoms with Crippen molar-refractivity contribution in [2.75, 3.05) is 20.8 Å². The number of aliphatic imine (C=N–C) groups is 1. The van der Waals surface area contributed by atoms with Gasteiger partial charge in [-0.15, -0.1) is 0 Å². The fraction of sp³-hybridized carbons (Fsp3) is 0.429. The van der Waals surface area contributed by atoms with Gasteiger partial charge in [0.2, 0.25) is 0 Å². The SMILES string of the molecule is COC[C@@H]1CC[C@H](c2ncc(-c3ccc4c(c3)COc3cc5c6c(ccc5cc3-4)N=C(C3CC[C@H](C)N3C)C6)[nH]2)C1. The van der Waals surface area contributed by atoms with Crippen LogP contribution >= 0.6 is 0 Å². The molecule has 41 heavy (non-hydrogen) atoms. The molecule has 8 rings (SSSR count). The van der Waals surface area contributed by atoms with E-state index < -0.39 is 0 Å². The van der Waals surface area contributed by atoms with Gasteiger partial charge in [0.15, 0.2) is 0 Å². The van der Waals surface area contributed by atoms with Crippen molar-refractivity contribution in [3.63, 3.8) is 0 Å². The maximum atomic E-state index is 6.40. The number of fused-ring (bicyclic) bond motifs is 6. The van der Waals surface area contributed by atoms with Gasteiger partial charge in [-0.25, -0.2) is 4.98 Å². The van der Waals surface area contributed by atoms with Crippen molar-refractivity contribution in [3.8, 4) is 28.1 Å². The minimum Gasteiger partial charge on any atom is -0.488 e. The highest BCUT2D eigenvalue weighted by atomic mass is 16.5. The Balaban J connectivity index is 1.07. The molecular weight excluding hydrogens is 508 g/mol. The number of hydrogen-bond donors (Lipinski definition) is 1. The normalized spacial score (nSPS) is 25.2. The lowest BCUT2D eigenvalue weighted by molar-refractivity contribution is 0.154. The van der Waals surface area contributed by atoms with Crippen LogP contribution in [0.25, 0.3) is 33.2 Å². The summed E-state index contributed by atoms with van der Waals surface area (Å²) in [5.74, 6) is 3.22. The third-order valence-electron chi connectivity index (χ3n) is 10.3. The molecule has 2 fully saturated rings. The Bertz CT molecular complexity index is 1690. The van der Waals surface area contributed by atoms with Crippen LogP contribution in [-0.4, -0.2) is 53.4 Å². The van der Waals surface area contributed by atoms with E-state index in [1.165, 1.54) is 64.4 Å². The van der Waals surface area contributed by atoms with E-state index >= 15 is 0 Å². The van der Waals surface area contributed by atoms with Crippen molar-refractivity contribution in [2.45, 2.75) is 70.1 Å². The number of imidazole rings is 1. The minimum atomic E-state index is 0.457. The summed E-state index contributed by atoms with van der Waals surface area (Å²) in [6, 6.07) is 16.9. The van der Waals surface area contributed by atoms with E-state index in [-0.39, 0.29) is 0 Å². The van der Waals surface area contributed by atoms with Gasteiger partial charge < -0.3 is 14.5 Å². The van der Waals surface area contributed by atoms with E-state index in [0.717, 1.165) is 48.0 Å². The first-order valence-corrected chi connectivity index (χ1v) is 15.2. The summed E-state index contributed by atoms with van der Waals surface area (Å²) in [7, 11) is 4.05. The number of H-pyrrole nitrogens is 1. The van der Waals surface area contributed by atoms with Crippen molar-refractivity contribution in [1.82, 2.24) is 14.9 Å². The Hall–Kier alpha value is -3.48. The zero-order valence-corrected chi connectivity index (χ0v) is 24.2. The number of aromatic amines is 1. The molecule has 1 N–H and O–H groups in total. The molecule has 4 aromatic rings. The summed E-state index contributed by atoms with van der Waals surface area (Å²) in [6.07, 6.45) is 8.92. The lowest BCUT2D eigenvalue weighted by atomic mass is 9.91. The quantitative estimate of drug-likeness (QED) is 0.283. The lowest BCUT2D eigenvalue weighted by Gasteiger charge is -2.23. The van der Waals surface area contributed by atoms with Crippen LogP contribution in [0.4, 0.5) is 5.69 Å². The third-order valence-corrected chi connectivity index (χ3v) is 10.3. The number of nitrogens with one attached hydrogen (secondary N) is 1. The number of aromatic nitrogens is 2. The number of benzene rings is 3. The molecule has 6 nitrogen and oxygen atoms in total. The average Bonchev–Trinajstić information content (AvgIpc) is 3.79. The van der Waals surface area contributed by atoms with Gasteiger partial charge in [0.1, 0.15) is 18.2 Å². The highest BCUT2D eigenvalue weighted by Crippen LogP contribution is 2.45. The van der Waals surface area contributed by atoms with Gasteiger partial charge in [-0.1, -0.05) is 18.2 Å². The van der Waals surface area contributed by atoms with E-state index in [0.29, 0.717) is 30.5 Å². The molecule has 4 aliphatic rings. The van der Waals surface area contributed by atoms with Crippen LogP contribution in [0.1, 0.15) is 61.9 Å². The molecule has 1 aliphatic carbocycles. The topological polar surface area (TPSA) is 62.7 Å². The summed E-state index contributed by atoms with van der Waals surface area (Å²) in [5.41, 5.74) is 9.70. The predicted molar refractivity (Wildman–Crippen MR) is 164 cm³/mol. The molecule has 1 aromatic heterocycles. The fourth-order valence-electron chi connectivity index (χ4n) is 7.81. The van der Waals surface area contributed by atoms with Crippen molar-refractivity contribution < 1.29 is 9.47 Å². The van der Waals surface area contributed by atoms with Crippen LogP contribution in [0.15, 0.2) is 53.7 Å². The van der Waals surface area contributed by atoms with Crippen LogP contribution in [0.3, 0.4) is 0 Å². The molecule has 210 valence electrons. The molecule has 0 spiro atoms. The number of nitrogens with zero attached hydrogens (tertiary/aromatic N) is 3. The molecule has 1 saturated carbocycles. The Morgan fingerprint density at radius 1 is 1.05 bits per heavy atom. The molecule has 4 heterocycles. The highest BCUT2D eigenvalue weighted by Gasteiger charge is 2.34. The van der Waals surface area contributed by atoms with Gasteiger partial charge in [-0.05, 0) is 109 Å². The standard InChI is InChI=1S/C35H38N4O2/c1-20-4-11-33(39(20)2)31-15-28-27-16-34-29(14-22(27)8-10-30(28)37-31)26-9-7-23(13-25(26)19-41-34)32-17-36-35(38-32)24-6-5-21(12-24)18-40-3/h7-10,13-14,16-17,20-21,24,33H,4-6,11-12,15,18-19H2,1-3H3,(H,36,38)/t20-,21+,24-,33?/m0/s1. The zero-order valence-electron chi connectivity index (χ0n) is 24.2. The Morgan fingerprint density at radius 3 is 2.83 bits per heavy atom. The van der Waals surface area contributed by atoms with E-state index in [4.69, 9.17) is 19.5 Å². The van der Waals surface area contributed by atoms with Crippen molar-refractivity contribution in [3.05, 3.63) is 65.6 Å². The van der Waals surface area contributed by atoms with Crippen LogP contribution in [0.5, 0.6) is 5.75 Å². The van der Waals surface area contributed by atoms with Crippen molar-refractivity contribution in [1.29, 1.82) is 0 Å². The van der Waals surface area contributed by atoms with Gasteiger partial charge in [0.05, 0.1) is 17.6 Å². The van der Waals surface area contributed by atoms with Crippen molar-refractivity contribution in [2.24, 2.45) is 10.9 Å². The number of rotatable bonds is 5. The summed E-state index contributed by atoms with van der Waals surface area (Å²) in [4.78, 5) is 16.0. The zero-order chi connectivity index (χ0) is 27.7. The highest BCUT2D eigenvalue weighted by molar-refractivity contribution is 6.05. The van der Waals surface area contributed by atoms with E-state index in [9.17, 15) is 0 Å². The number of methoxy groups -OCH3 is 1. The largest absolute Gasteiger partial charge is 0.488 e. The molecule has 4 atom stereocenters. The van der Waals surface area contributed by atoms with Gasteiger partial charge in [0, 0.05) is 49.4 Å². The number of likely N-dealkylation sites (tertiary alicyclic amines) is 1. The molecular formula is C35H38N4O2. The van der Waals surface area contributed by atoms with Crippen LogP contribution in [0, 0.1) is 5.92 Å². The van der Waals surface area contributed by atoms with Gasteiger partial charge in [-0.2, -0.15) is 0 Å². The second-order valence-corrected chi connectivity index (χ2v) is 12.7. The Labute approximate surface area is 241 Å². The monoisotopic (exact) mass is 546 g/mol. The molecule has 6 heteroatoms. The number of ether oxygens (including phenoxy) is 2. The third kappa shape index (κ3) is 4.22. The Kier molecular flexibility index (Phi) is 6.04. The Morgan fingerprint density at radius 2 is 1.98 bits per heavy atom. The van der Waals surface area contributed by atoms with Crippen LogP contribution in [0.2, 0.25) is 0 Å². The fourth-order valence-corrected chi connectivity index (χ4v) is 7.81. The summed E-state index contributed by atoms with van der Waals surface area (Å²) in [6.45, 7) is 3.75. The van der Waals surface area contributed by atoms with Crippen LogP contribution in [-0.2, 0) is 17.8 Å². The van der Waals surface area contributed by atoms with E-state index in [2.05, 4.69) is 66.3 Å². The van der Waals surface area contributed by atoms with Gasteiger partial charge >= 0.3 is 0 Å². The first-order chi connectivity index (χ1) is 20.1. The van der Waals surface area contributed by atoms with Gasteiger partial charge in [-0.3, -0.25) is 9.89 Å². The first kappa shape index (κ1) is 25.2. The van der Waals surface area contributed by atoms with Crippen LogP contribution < -0.4 is 4.74 Å². The minimum absolute atomic E-state index is 0.457.